The first kappa shape index (κ1) is 16.9. The maximum absolute atomic E-state index is 9.89. The van der Waals surface area contributed by atoms with E-state index in [-0.39, 0.29) is 0 Å². The summed E-state index contributed by atoms with van der Waals surface area (Å²) in [5.41, 5.74) is 3.88. The molecule has 0 unspecified atom stereocenters. The molecule has 0 amide bonds. The smallest absolute Gasteiger partial charge is 0.208 e. The zero-order chi connectivity index (χ0) is 16.5. The Labute approximate surface area is 140 Å². The molecule has 2 fully saturated rings. The average molecular weight is 337 g/mol. The predicted molar refractivity (Wildman–Crippen MR) is 94.1 cm³/mol. The minimum atomic E-state index is -2.91. The van der Waals surface area contributed by atoms with Gasteiger partial charge in [-0.1, -0.05) is 37.1 Å². The van der Waals surface area contributed by atoms with E-state index in [1.165, 1.54) is 52.1 Å². The van der Waals surface area contributed by atoms with Crippen LogP contribution in [0.5, 0.6) is 0 Å². The topological polar surface area (TPSA) is 58.2 Å². The summed E-state index contributed by atoms with van der Waals surface area (Å²) in [5, 5.41) is 3.79. The highest BCUT2D eigenvalue weighted by Gasteiger charge is 2.51. The highest BCUT2D eigenvalue weighted by atomic mass is 32.2. The molecule has 128 valence electrons. The first-order valence-electron chi connectivity index (χ1n) is 8.66. The minimum Gasteiger partial charge on any atom is -0.313 e. The molecule has 2 bridgehead atoms. The molecule has 4 rings (SSSR count). The van der Waals surface area contributed by atoms with E-state index in [2.05, 4.69) is 34.3 Å². The van der Waals surface area contributed by atoms with Crippen molar-refractivity contribution in [2.24, 2.45) is 5.92 Å². The molecule has 1 heterocycles. The summed E-state index contributed by atoms with van der Waals surface area (Å²) in [5.74, 6) is 0.917. The van der Waals surface area contributed by atoms with Crippen molar-refractivity contribution in [1.29, 1.82) is 0 Å². The van der Waals surface area contributed by atoms with Crippen molar-refractivity contribution < 1.29 is 8.42 Å². The molecule has 1 aromatic carbocycles. The van der Waals surface area contributed by atoms with Gasteiger partial charge in [-0.15, -0.1) is 0 Å². The second-order valence-corrected chi connectivity index (χ2v) is 9.11. The molecule has 1 saturated heterocycles. The third kappa shape index (κ3) is 3.32. The molecule has 3 aliphatic rings. The Morgan fingerprint density at radius 1 is 1.22 bits per heavy atom. The van der Waals surface area contributed by atoms with E-state index in [1.807, 2.05) is 0 Å². The van der Waals surface area contributed by atoms with E-state index in [0.717, 1.165) is 18.2 Å². The molecule has 1 aromatic rings. The van der Waals surface area contributed by atoms with Crippen LogP contribution in [0.2, 0.25) is 0 Å². The predicted octanol–water partition coefficient (Wildman–Crippen LogP) is 2.20. The molecular formula is C18H28N2O2S. The standard InChI is InChI=1S/C16H21N.C2H7NO2S/c1-2-6-13-12(5-1)11-15-14-7-3-4-8-16(13,14)9-10-17-15;1-3-6(2,4)5/h1-2,5-6,14-15,17H,3-4,7-11H2;3H,1-2H3/t14-,15+,16-;/m0./s1. The van der Waals surface area contributed by atoms with Crippen LogP contribution in [0.1, 0.15) is 43.2 Å². The number of fused-ring (bicyclic) bond motifs is 1. The number of benzene rings is 1. The number of rotatable bonds is 1. The van der Waals surface area contributed by atoms with Crippen LogP contribution in [0.25, 0.3) is 0 Å². The molecule has 0 radical (unpaired) electrons. The Morgan fingerprint density at radius 2 is 1.96 bits per heavy atom. The van der Waals surface area contributed by atoms with Gasteiger partial charge in [0.25, 0.3) is 0 Å². The van der Waals surface area contributed by atoms with Gasteiger partial charge in [0, 0.05) is 11.5 Å². The maximum Gasteiger partial charge on any atom is 0.208 e. The zero-order valence-corrected chi connectivity index (χ0v) is 15.0. The first-order chi connectivity index (χ1) is 11.0. The second kappa shape index (κ2) is 6.54. The zero-order valence-electron chi connectivity index (χ0n) is 14.1. The van der Waals surface area contributed by atoms with Gasteiger partial charge in [-0.05, 0) is 56.3 Å². The summed E-state index contributed by atoms with van der Waals surface area (Å²) in [6, 6.07) is 10.0. The highest BCUT2D eigenvalue weighted by Crippen LogP contribution is 2.53. The molecule has 5 heteroatoms. The van der Waals surface area contributed by atoms with Crippen LogP contribution in [0.4, 0.5) is 0 Å². The van der Waals surface area contributed by atoms with E-state index in [4.69, 9.17) is 0 Å². The molecule has 1 aliphatic heterocycles. The molecular weight excluding hydrogens is 308 g/mol. The monoisotopic (exact) mass is 336 g/mol. The normalized spacial score (nSPS) is 32.1. The van der Waals surface area contributed by atoms with Gasteiger partial charge < -0.3 is 5.32 Å². The lowest BCUT2D eigenvalue weighted by Crippen LogP contribution is -2.59. The summed E-state index contributed by atoms with van der Waals surface area (Å²) in [6.45, 7) is 1.23. The fourth-order valence-corrected chi connectivity index (χ4v) is 4.89. The summed E-state index contributed by atoms with van der Waals surface area (Å²) in [6.07, 6.45) is 9.52. The third-order valence-electron chi connectivity index (χ3n) is 5.93. The van der Waals surface area contributed by atoms with Gasteiger partial charge in [-0.25, -0.2) is 13.1 Å². The Hall–Kier alpha value is -0.910. The summed E-state index contributed by atoms with van der Waals surface area (Å²) in [7, 11) is -1.54. The summed E-state index contributed by atoms with van der Waals surface area (Å²) < 4.78 is 21.9. The van der Waals surface area contributed by atoms with Crippen molar-refractivity contribution in [3.63, 3.8) is 0 Å². The van der Waals surface area contributed by atoms with Gasteiger partial charge in [-0.3, -0.25) is 0 Å². The minimum absolute atomic E-state index is 0.545. The molecule has 2 aliphatic carbocycles. The third-order valence-corrected chi connectivity index (χ3v) is 6.67. The Balaban J connectivity index is 0.000000227. The maximum atomic E-state index is 9.89. The van der Waals surface area contributed by atoms with Crippen LogP contribution < -0.4 is 10.0 Å². The van der Waals surface area contributed by atoms with E-state index in [0.29, 0.717) is 5.41 Å². The molecule has 2 N–H and O–H groups in total. The molecule has 3 atom stereocenters. The van der Waals surface area contributed by atoms with Crippen LogP contribution in [-0.2, 0) is 21.9 Å². The number of nitrogens with one attached hydrogen (secondary N) is 2. The van der Waals surface area contributed by atoms with E-state index in [1.54, 1.807) is 11.1 Å². The number of sulfonamides is 1. The van der Waals surface area contributed by atoms with Crippen LogP contribution in [0, 0.1) is 5.92 Å². The van der Waals surface area contributed by atoms with Crippen LogP contribution in [0.15, 0.2) is 24.3 Å². The van der Waals surface area contributed by atoms with Crippen LogP contribution >= 0.6 is 0 Å². The summed E-state index contributed by atoms with van der Waals surface area (Å²) in [4.78, 5) is 0. The van der Waals surface area contributed by atoms with Crippen molar-refractivity contribution in [1.82, 2.24) is 10.0 Å². The van der Waals surface area contributed by atoms with Gasteiger partial charge >= 0.3 is 0 Å². The number of piperidine rings is 1. The van der Waals surface area contributed by atoms with Crippen LogP contribution in [0.3, 0.4) is 0 Å². The quantitative estimate of drug-likeness (QED) is 0.826. The van der Waals surface area contributed by atoms with Crippen molar-refractivity contribution in [3.05, 3.63) is 35.4 Å². The molecule has 0 spiro atoms. The van der Waals surface area contributed by atoms with Gasteiger partial charge in [0.2, 0.25) is 10.0 Å². The van der Waals surface area contributed by atoms with Crippen molar-refractivity contribution in [2.75, 3.05) is 19.8 Å². The number of hydrogen-bond donors (Lipinski definition) is 2. The van der Waals surface area contributed by atoms with E-state index >= 15 is 0 Å². The molecule has 23 heavy (non-hydrogen) atoms. The van der Waals surface area contributed by atoms with Crippen LogP contribution in [-0.4, -0.2) is 34.3 Å². The molecule has 0 aromatic heterocycles. The summed E-state index contributed by atoms with van der Waals surface area (Å²) >= 11 is 0. The Morgan fingerprint density at radius 3 is 2.70 bits per heavy atom. The van der Waals surface area contributed by atoms with Gasteiger partial charge in [-0.2, -0.15) is 0 Å². The second-order valence-electron chi connectivity index (χ2n) is 7.16. The Bertz CT molecular complexity index is 655. The highest BCUT2D eigenvalue weighted by molar-refractivity contribution is 7.88. The van der Waals surface area contributed by atoms with E-state index < -0.39 is 10.0 Å². The van der Waals surface area contributed by atoms with Crippen molar-refractivity contribution in [3.8, 4) is 0 Å². The SMILES string of the molecule is CNS(C)(=O)=O.c1ccc2c(c1)C[C@H]1NCC[C@@]23CCCC[C@@H]13. The van der Waals surface area contributed by atoms with Gasteiger partial charge in [0.05, 0.1) is 6.26 Å². The fraction of sp³-hybridized carbons (Fsp3) is 0.667. The van der Waals surface area contributed by atoms with E-state index in [9.17, 15) is 8.42 Å². The molecule has 1 saturated carbocycles. The lowest BCUT2D eigenvalue weighted by Gasteiger charge is -2.56. The fourth-order valence-electron chi connectivity index (χ4n) is 4.89. The van der Waals surface area contributed by atoms with Crippen molar-refractivity contribution in [2.45, 2.75) is 50.0 Å². The Kier molecular flexibility index (Phi) is 4.81. The van der Waals surface area contributed by atoms with Gasteiger partial charge in [0.15, 0.2) is 0 Å². The lowest BCUT2D eigenvalue weighted by molar-refractivity contribution is 0.0798. The first-order valence-corrected chi connectivity index (χ1v) is 10.6. The lowest BCUT2D eigenvalue weighted by atomic mass is 9.53. The molecule has 4 nitrogen and oxygen atoms in total. The largest absolute Gasteiger partial charge is 0.313 e. The van der Waals surface area contributed by atoms with Crippen molar-refractivity contribution >= 4 is 10.0 Å². The van der Waals surface area contributed by atoms with Gasteiger partial charge in [0.1, 0.15) is 0 Å². The average Bonchev–Trinajstić information content (AvgIpc) is 2.55. The number of hydrogen-bond acceptors (Lipinski definition) is 3.